The number of amides is 1. The van der Waals surface area contributed by atoms with Crippen LogP contribution >= 0.6 is 15.9 Å². The van der Waals surface area contributed by atoms with E-state index in [4.69, 9.17) is 0 Å². The lowest BCUT2D eigenvalue weighted by molar-refractivity contribution is -0.115. The van der Waals surface area contributed by atoms with Gasteiger partial charge in [-0.2, -0.15) is 0 Å². The van der Waals surface area contributed by atoms with Crippen LogP contribution < -0.4 is 5.32 Å². The molecule has 1 heterocycles. The van der Waals surface area contributed by atoms with Crippen molar-refractivity contribution in [2.45, 2.75) is 20.3 Å². The summed E-state index contributed by atoms with van der Waals surface area (Å²) >= 11 is 3.49. The van der Waals surface area contributed by atoms with Gasteiger partial charge in [-0.15, -0.1) is 0 Å². The van der Waals surface area contributed by atoms with Crippen LogP contribution in [0.15, 0.2) is 71.2 Å². The van der Waals surface area contributed by atoms with Crippen molar-refractivity contribution in [2.75, 3.05) is 5.32 Å². The van der Waals surface area contributed by atoms with Crippen molar-refractivity contribution in [3.63, 3.8) is 0 Å². The van der Waals surface area contributed by atoms with E-state index in [1.165, 1.54) is 5.56 Å². The third kappa shape index (κ3) is 3.87. The van der Waals surface area contributed by atoms with Gasteiger partial charge in [-0.1, -0.05) is 52.3 Å². The molecule has 0 aliphatic carbocycles. The van der Waals surface area contributed by atoms with Crippen LogP contribution in [0.1, 0.15) is 16.7 Å². The summed E-state index contributed by atoms with van der Waals surface area (Å²) in [6.07, 6.45) is 0.308. The van der Waals surface area contributed by atoms with Gasteiger partial charge in [0, 0.05) is 21.1 Å². The molecule has 0 saturated carbocycles. The molecule has 1 amide bonds. The number of nitrogens with one attached hydrogen (secondary N) is 2. The van der Waals surface area contributed by atoms with Crippen molar-refractivity contribution in [1.29, 1.82) is 0 Å². The zero-order valence-electron chi connectivity index (χ0n) is 15.8. The van der Waals surface area contributed by atoms with Gasteiger partial charge in [0.1, 0.15) is 0 Å². The molecule has 3 aromatic carbocycles. The first-order valence-electron chi connectivity index (χ1n) is 9.23. The van der Waals surface area contributed by atoms with E-state index in [2.05, 4.69) is 63.5 Å². The third-order valence-corrected chi connectivity index (χ3v) is 5.36. The number of aromatic amines is 1. The van der Waals surface area contributed by atoms with E-state index >= 15 is 0 Å². The minimum Gasteiger partial charge on any atom is -0.354 e. The number of H-pyrrole nitrogens is 1. The number of carbonyl (C=O) groups is 1. The quantitative estimate of drug-likeness (QED) is 0.385. The lowest BCUT2D eigenvalue weighted by Gasteiger charge is -2.08. The second-order valence-corrected chi connectivity index (χ2v) is 8.04. The fourth-order valence-electron chi connectivity index (χ4n) is 3.50. The Bertz CT molecular complexity index is 1160. The molecule has 28 heavy (non-hydrogen) atoms. The van der Waals surface area contributed by atoms with Crippen LogP contribution in [-0.4, -0.2) is 10.9 Å². The predicted octanol–water partition coefficient (Wildman–Crippen LogP) is 6.40. The smallest absolute Gasteiger partial charge is 0.228 e. The topological polar surface area (TPSA) is 44.9 Å². The largest absolute Gasteiger partial charge is 0.354 e. The zero-order valence-corrected chi connectivity index (χ0v) is 17.4. The summed E-state index contributed by atoms with van der Waals surface area (Å²) in [6, 6.07) is 22.3. The molecule has 140 valence electrons. The average Bonchev–Trinajstić information content (AvgIpc) is 2.99. The molecule has 0 aliphatic rings. The highest BCUT2D eigenvalue weighted by atomic mass is 79.9. The number of hydrogen-bond acceptors (Lipinski definition) is 1. The second kappa shape index (κ2) is 7.64. The van der Waals surface area contributed by atoms with Crippen molar-refractivity contribution < 1.29 is 4.79 Å². The van der Waals surface area contributed by atoms with Crippen molar-refractivity contribution in [2.24, 2.45) is 0 Å². The first-order chi connectivity index (χ1) is 13.5. The summed E-state index contributed by atoms with van der Waals surface area (Å²) in [5.74, 6) is -0.0227. The average molecular weight is 433 g/mol. The summed E-state index contributed by atoms with van der Waals surface area (Å²) in [5, 5.41) is 4.11. The Morgan fingerprint density at radius 2 is 1.71 bits per heavy atom. The number of aryl methyl sites for hydroxylation is 2. The maximum absolute atomic E-state index is 12.8. The lowest BCUT2D eigenvalue weighted by atomic mass is 10.0. The number of hydrogen-bond donors (Lipinski definition) is 2. The predicted molar refractivity (Wildman–Crippen MR) is 120 cm³/mol. The maximum atomic E-state index is 12.8. The number of rotatable bonds is 4. The van der Waals surface area contributed by atoms with Crippen LogP contribution in [0.25, 0.3) is 22.2 Å². The van der Waals surface area contributed by atoms with Crippen molar-refractivity contribution in [3.8, 4) is 11.3 Å². The Labute approximate surface area is 172 Å². The molecule has 0 spiro atoms. The molecule has 0 fully saturated rings. The van der Waals surface area contributed by atoms with Crippen LogP contribution in [0.3, 0.4) is 0 Å². The highest BCUT2D eigenvalue weighted by molar-refractivity contribution is 9.10. The fraction of sp³-hybridized carbons (Fsp3) is 0.125. The minimum absolute atomic E-state index is 0.0227. The first-order valence-corrected chi connectivity index (χ1v) is 10.0. The molecule has 3 nitrogen and oxygen atoms in total. The molecular formula is C24H21BrN2O. The number of anilines is 1. The molecule has 0 aliphatic heterocycles. The molecule has 0 saturated heterocycles. The normalized spacial score (nSPS) is 11.0. The summed E-state index contributed by atoms with van der Waals surface area (Å²) in [6.45, 7) is 4.09. The Kier molecular flexibility index (Phi) is 5.05. The highest BCUT2D eigenvalue weighted by Crippen LogP contribution is 2.32. The van der Waals surface area contributed by atoms with Gasteiger partial charge in [-0.3, -0.25) is 4.79 Å². The Hall–Kier alpha value is -2.85. The van der Waals surface area contributed by atoms with Crippen LogP contribution in [0.5, 0.6) is 0 Å². The SMILES string of the molecule is Cc1cccc(NC(=O)Cc2c(-c3ccc(Br)cc3)[nH]c3cc(C)ccc23)c1. The van der Waals surface area contributed by atoms with E-state index in [1.54, 1.807) is 0 Å². The van der Waals surface area contributed by atoms with Crippen molar-refractivity contribution in [1.82, 2.24) is 4.98 Å². The standard InChI is InChI=1S/C24H21BrN2O/c1-15-4-3-5-19(12-15)26-23(28)14-21-20-11-6-16(2)13-22(20)27-24(21)17-7-9-18(25)10-8-17/h3-13,27H,14H2,1-2H3,(H,26,28). The number of aromatic nitrogens is 1. The number of benzene rings is 3. The van der Waals surface area contributed by atoms with Gasteiger partial charge < -0.3 is 10.3 Å². The van der Waals surface area contributed by atoms with E-state index in [0.717, 1.165) is 43.4 Å². The van der Waals surface area contributed by atoms with Crippen LogP contribution in [-0.2, 0) is 11.2 Å². The fourth-order valence-corrected chi connectivity index (χ4v) is 3.77. The summed E-state index contributed by atoms with van der Waals surface area (Å²) in [4.78, 5) is 16.3. The Morgan fingerprint density at radius 1 is 0.964 bits per heavy atom. The van der Waals surface area contributed by atoms with E-state index in [0.29, 0.717) is 6.42 Å². The van der Waals surface area contributed by atoms with Crippen molar-refractivity contribution in [3.05, 3.63) is 87.9 Å². The van der Waals surface area contributed by atoms with Gasteiger partial charge in [-0.25, -0.2) is 0 Å². The van der Waals surface area contributed by atoms with Gasteiger partial charge in [0.05, 0.1) is 12.1 Å². The first kappa shape index (κ1) is 18.5. The van der Waals surface area contributed by atoms with E-state index in [1.807, 2.05) is 43.3 Å². The second-order valence-electron chi connectivity index (χ2n) is 7.13. The Balaban J connectivity index is 1.72. The minimum atomic E-state index is -0.0227. The highest BCUT2D eigenvalue weighted by Gasteiger charge is 2.16. The Morgan fingerprint density at radius 3 is 2.46 bits per heavy atom. The van der Waals surface area contributed by atoms with Gasteiger partial charge in [0.15, 0.2) is 0 Å². The molecule has 0 atom stereocenters. The van der Waals surface area contributed by atoms with Gasteiger partial charge in [0.2, 0.25) is 5.91 Å². The third-order valence-electron chi connectivity index (χ3n) is 4.83. The number of halogens is 1. The van der Waals surface area contributed by atoms with Gasteiger partial charge in [0.25, 0.3) is 0 Å². The monoisotopic (exact) mass is 432 g/mol. The molecule has 4 aromatic rings. The summed E-state index contributed by atoms with van der Waals surface area (Å²) in [5.41, 5.74) is 7.26. The van der Waals surface area contributed by atoms with E-state index in [-0.39, 0.29) is 5.91 Å². The molecule has 1 aromatic heterocycles. The number of fused-ring (bicyclic) bond motifs is 1. The zero-order chi connectivity index (χ0) is 19.7. The van der Waals surface area contributed by atoms with Gasteiger partial charge in [-0.05, 0) is 66.4 Å². The van der Waals surface area contributed by atoms with Crippen molar-refractivity contribution >= 4 is 38.4 Å². The van der Waals surface area contributed by atoms with Gasteiger partial charge >= 0.3 is 0 Å². The maximum Gasteiger partial charge on any atom is 0.228 e. The van der Waals surface area contributed by atoms with E-state index in [9.17, 15) is 4.79 Å². The molecule has 2 N–H and O–H groups in total. The van der Waals surface area contributed by atoms with Crippen LogP contribution in [0.2, 0.25) is 0 Å². The molecule has 0 unspecified atom stereocenters. The molecule has 0 bridgehead atoms. The summed E-state index contributed by atoms with van der Waals surface area (Å²) in [7, 11) is 0. The van der Waals surface area contributed by atoms with Crippen LogP contribution in [0.4, 0.5) is 5.69 Å². The molecule has 4 heteroatoms. The molecule has 4 rings (SSSR count). The molecular weight excluding hydrogens is 412 g/mol. The molecule has 0 radical (unpaired) electrons. The van der Waals surface area contributed by atoms with E-state index < -0.39 is 0 Å². The van der Waals surface area contributed by atoms with Crippen LogP contribution in [0, 0.1) is 13.8 Å². The lowest BCUT2D eigenvalue weighted by Crippen LogP contribution is -2.14. The summed E-state index contributed by atoms with van der Waals surface area (Å²) < 4.78 is 1.03. The number of carbonyl (C=O) groups excluding carboxylic acids is 1.